The summed E-state index contributed by atoms with van der Waals surface area (Å²) in [6.07, 6.45) is 0. The van der Waals surface area contributed by atoms with Crippen LogP contribution in [-0.4, -0.2) is 21.4 Å². The summed E-state index contributed by atoms with van der Waals surface area (Å²) in [5.41, 5.74) is 2.11. The van der Waals surface area contributed by atoms with Crippen LogP contribution < -0.4 is 10.6 Å². The minimum atomic E-state index is -0.244. The average Bonchev–Trinajstić information content (AvgIpc) is 2.38. The van der Waals surface area contributed by atoms with Gasteiger partial charge >= 0.3 is 0 Å². The molecule has 0 saturated carbocycles. The summed E-state index contributed by atoms with van der Waals surface area (Å²) in [5, 5.41) is 6.10. The van der Waals surface area contributed by atoms with Crippen LogP contribution in [0.5, 0.6) is 0 Å². The van der Waals surface area contributed by atoms with Crippen molar-refractivity contribution in [2.75, 3.05) is 10.6 Å². The van der Waals surface area contributed by atoms with E-state index in [-0.39, 0.29) is 11.4 Å². The molecule has 0 spiro atoms. The Morgan fingerprint density at radius 2 is 1.68 bits per heavy atom. The van der Waals surface area contributed by atoms with Crippen LogP contribution in [0.3, 0.4) is 0 Å². The van der Waals surface area contributed by atoms with Gasteiger partial charge in [-0.3, -0.25) is 4.79 Å². The second-order valence-corrected chi connectivity index (χ2v) is 6.38. The van der Waals surface area contributed by atoms with Crippen molar-refractivity contribution in [3.63, 3.8) is 0 Å². The number of aryl methyl sites for hydroxylation is 2. The van der Waals surface area contributed by atoms with E-state index in [0.29, 0.717) is 17.3 Å². The molecule has 0 aliphatic rings. The minimum absolute atomic E-state index is 0.133. The number of nitrogens with zero attached hydrogens (tertiary/aromatic N) is 2. The lowest BCUT2D eigenvalue weighted by molar-refractivity contribution is 0.102. The molecule has 0 unspecified atom stereocenters. The number of anilines is 2. The SMILES string of the molecule is Cc1ccc(NC(=O)c2cc(NC(C)(C)C)nc(C)n2)cc1. The molecule has 0 bridgehead atoms. The van der Waals surface area contributed by atoms with E-state index in [1.165, 1.54) is 0 Å². The standard InChI is InChI=1S/C17H22N4O/c1-11-6-8-13(9-7-11)20-16(22)14-10-15(19-12(2)18-14)21-17(3,4)5/h6-10H,1-5H3,(H,20,22)(H,18,19,21). The van der Waals surface area contributed by atoms with Crippen LogP contribution in [0.2, 0.25) is 0 Å². The normalized spacial score (nSPS) is 11.1. The molecule has 5 heteroatoms. The zero-order chi connectivity index (χ0) is 16.3. The largest absolute Gasteiger partial charge is 0.365 e. The third-order valence-electron chi connectivity index (χ3n) is 2.88. The van der Waals surface area contributed by atoms with Gasteiger partial charge in [-0.1, -0.05) is 17.7 Å². The van der Waals surface area contributed by atoms with Crippen molar-refractivity contribution >= 4 is 17.4 Å². The van der Waals surface area contributed by atoms with Crippen LogP contribution in [0.4, 0.5) is 11.5 Å². The van der Waals surface area contributed by atoms with Gasteiger partial charge in [0, 0.05) is 17.3 Å². The van der Waals surface area contributed by atoms with Gasteiger partial charge in [0.1, 0.15) is 17.3 Å². The highest BCUT2D eigenvalue weighted by Gasteiger charge is 2.15. The Morgan fingerprint density at radius 1 is 1.05 bits per heavy atom. The highest BCUT2D eigenvalue weighted by atomic mass is 16.1. The second-order valence-electron chi connectivity index (χ2n) is 6.38. The summed E-state index contributed by atoms with van der Waals surface area (Å²) in [4.78, 5) is 20.9. The number of carbonyl (C=O) groups excluding carboxylic acids is 1. The predicted octanol–water partition coefficient (Wildman–Crippen LogP) is 3.56. The molecular formula is C17H22N4O. The zero-order valence-corrected chi connectivity index (χ0v) is 13.7. The molecule has 0 radical (unpaired) electrons. The van der Waals surface area contributed by atoms with E-state index in [2.05, 4.69) is 20.6 Å². The Morgan fingerprint density at radius 3 is 2.27 bits per heavy atom. The van der Waals surface area contributed by atoms with Gasteiger partial charge in [-0.05, 0) is 46.8 Å². The van der Waals surface area contributed by atoms with Gasteiger partial charge in [0.05, 0.1) is 0 Å². The van der Waals surface area contributed by atoms with Crippen LogP contribution in [0, 0.1) is 13.8 Å². The maximum absolute atomic E-state index is 12.3. The van der Waals surface area contributed by atoms with Crippen molar-refractivity contribution in [3.05, 3.63) is 47.4 Å². The van der Waals surface area contributed by atoms with Gasteiger partial charge in [-0.15, -0.1) is 0 Å². The summed E-state index contributed by atoms with van der Waals surface area (Å²) in [6, 6.07) is 9.31. The van der Waals surface area contributed by atoms with Gasteiger partial charge in [0.2, 0.25) is 0 Å². The maximum atomic E-state index is 12.3. The number of amides is 1. The molecule has 1 aromatic carbocycles. The van der Waals surface area contributed by atoms with E-state index in [9.17, 15) is 4.79 Å². The first kappa shape index (κ1) is 15.9. The fraction of sp³-hybridized carbons (Fsp3) is 0.353. The number of carbonyl (C=O) groups is 1. The summed E-state index contributed by atoms with van der Waals surface area (Å²) < 4.78 is 0. The number of benzene rings is 1. The summed E-state index contributed by atoms with van der Waals surface area (Å²) in [5.74, 6) is 0.962. The molecule has 116 valence electrons. The molecular weight excluding hydrogens is 276 g/mol. The minimum Gasteiger partial charge on any atom is -0.365 e. The molecule has 2 aromatic rings. The van der Waals surface area contributed by atoms with Crippen molar-refractivity contribution in [2.24, 2.45) is 0 Å². The molecule has 0 aliphatic heterocycles. The number of rotatable bonds is 3. The van der Waals surface area contributed by atoms with E-state index in [4.69, 9.17) is 0 Å². The Labute approximate surface area is 131 Å². The van der Waals surface area contributed by atoms with Crippen molar-refractivity contribution < 1.29 is 4.79 Å². The molecule has 0 aliphatic carbocycles. The first-order valence-electron chi connectivity index (χ1n) is 7.25. The number of hydrogen-bond donors (Lipinski definition) is 2. The summed E-state index contributed by atoms with van der Waals surface area (Å²) >= 11 is 0. The molecule has 1 heterocycles. The van der Waals surface area contributed by atoms with Crippen molar-refractivity contribution in [2.45, 2.75) is 40.2 Å². The topological polar surface area (TPSA) is 66.9 Å². The molecule has 0 saturated heterocycles. The third-order valence-corrected chi connectivity index (χ3v) is 2.88. The van der Waals surface area contributed by atoms with Crippen LogP contribution in [-0.2, 0) is 0 Å². The zero-order valence-electron chi connectivity index (χ0n) is 13.7. The third kappa shape index (κ3) is 4.55. The van der Waals surface area contributed by atoms with Crippen molar-refractivity contribution in [1.82, 2.24) is 9.97 Å². The maximum Gasteiger partial charge on any atom is 0.274 e. The first-order valence-corrected chi connectivity index (χ1v) is 7.25. The second kappa shape index (κ2) is 6.13. The number of aromatic nitrogens is 2. The van der Waals surface area contributed by atoms with Crippen LogP contribution in [0.25, 0.3) is 0 Å². The molecule has 0 fully saturated rings. The smallest absolute Gasteiger partial charge is 0.274 e. The van der Waals surface area contributed by atoms with Gasteiger partial charge in [-0.25, -0.2) is 9.97 Å². The number of hydrogen-bond acceptors (Lipinski definition) is 4. The van der Waals surface area contributed by atoms with E-state index >= 15 is 0 Å². The van der Waals surface area contributed by atoms with E-state index < -0.39 is 0 Å². The highest BCUT2D eigenvalue weighted by molar-refractivity contribution is 6.03. The van der Waals surface area contributed by atoms with Crippen molar-refractivity contribution in [1.29, 1.82) is 0 Å². The summed E-state index contributed by atoms with van der Waals surface area (Å²) in [6.45, 7) is 9.89. The molecule has 22 heavy (non-hydrogen) atoms. The lowest BCUT2D eigenvalue weighted by Crippen LogP contribution is -2.27. The van der Waals surface area contributed by atoms with Gasteiger partial charge < -0.3 is 10.6 Å². The molecule has 5 nitrogen and oxygen atoms in total. The van der Waals surface area contributed by atoms with E-state index in [1.807, 2.05) is 52.0 Å². The average molecular weight is 298 g/mol. The predicted molar refractivity (Wildman–Crippen MR) is 89.3 cm³/mol. The van der Waals surface area contributed by atoms with Crippen LogP contribution >= 0.6 is 0 Å². The lowest BCUT2D eigenvalue weighted by atomic mass is 10.1. The fourth-order valence-corrected chi connectivity index (χ4v) is 1.96. The van der Waals surface area contributed by atoms with Crippen LogP contribution in [0.15, 0.2) is 30.3 Å². The molecule has 1 amide bonds. The molecule has 1 aromatic heterocycles. The molecule has 0 atom stereocenters. The first-order chi connectivity index (χ1) is 10.2. The van der Waals surface area contributed by atoms with E-state index in [0.717, 1.165) is 11.3 Å². The Kier molecular flexibility index (Phi) is 4.45. The Hall–Kier alpha value is -2.43. The fourth-order valence-electron chi connectivity index (χ4n) is 1.96. The molecule has 2 rings (SSSR count). The van der Waals surface area contributed by atoms with Crippen molar-refractivity contribution in [3.8, 4) is 0 Å². The highest BCUT2D eigenvalue weighted by Crippen LogP contribution is 2.15. The Bertz CT molecular complexity index is 672. The van der Waals surface area contributed by atoms with E-state index in [1.54, 1.807) is 13.0 Å². The monoisotopic (exact) mass is 298 g/mol. The molecule has 2 N–H and O–H groups in total. The van der Waals surface area contributed by atoms with Gasteiger partial charge in [0.25, 0.3) is 5.91 Å². The Balaban J connectivity index is 2.20. The number of nitrogens with one attached hydrogen (secondary N) is 2. The van der Waals surface area contributed by atoms with Gasteiger partial charge in [0.15, 0.2) is 0 Å². The van der Waals surface area contributed by atoms with Crippen LogP contribution in [0.1, 0.15) is 42.6 Å². The lowest BCUT2D eigenvalue weighted by Gasteiger charge is -2.21. The summed E-state index contributed by atoms with van der Waals surface area (Å²) in [7, 11) is 0. The quantitative estimate of drug-likeness (QED) is 0.909. The van der Waals surface area contributed by atoms with Gasteiger partial charge in [-0.2, -0.15) is 0 Å².